The van der Waals surface area contributed by atoms with Gasteiger partial charge in [-0.3, -0.25) is 0 Å². The van der Waals surface area contributed by atoms with Gasteiger partial charge in [0.25, 0.3) is 0 Å². The van der Waals surface area contributed by atoms with Gasteiger partial charge in [0.2, 0.25) is 0 Å². The van der Waals surface area contributed by atoms with Gasteiger partial charge in [0.05, 0.1) is 6.54 Å². The summed E-state index contributed by atoms with van der Waals surface area (Å²) in [6, 6.07) is 0. The molecule has 0 saturated heterocycles. The van der Waals surface area contributed by atoms with Gasteiger partial charge in [0.1, 0.15) is 27.7 Å². The van der Waals surface area contributed by atoms with E-state index < -0.39 is 5.97 Å². The standard InChI is InChI=1S/C10H11N5O2S/c1-2-7-14-15-8(18-7)4-12-9-6(10(16)17)3-11-5-13-9/h3,5H,2,4H2,1H3,(H,16,17)(H,11,12,13). The highest BCUT2D eigenvalue weighted by atomic mass is 32.1. The molecule has 0 aliphatic rings. The predicted octanol–water partition coefficient (Wildman–Crippen LogP) is 1.20. The summed E-state index contributed by atoms with van der Waals surface area (Å²) in [5, 5.41) is 21.6. The molecular formula is C10H11N5O2S. The first-order chi connectivity index (χ1) is 8.70. The van der Waals surface area contributed by atoms with Crippen molar-refractivity contribution in [1.29, 1.82) is 0 Å². The predicted molar refractivity (Wildman–Crippen MR) is 65.6 cm³/mol. The molecule has 0 spiro atoms. The summed E-state index contributed by atoms with van der Waals surface area (Å²) in [5.74, 6) is -0.782. The van der Waals surface area contributed by atoms with Crippen LogP contribution in [0.15, 0.2) is 12.5 Å². The van der Waals surface area contributed by atoms with Crippen LogP contribution in [0.25, 0.3) is 0 Å². The van der Waals surface area contributed by atoms with E-state index in [0.29, 0.717) is 6.54 Å². The lowest BCUT2D eigenvalue weighted by molar-refractivity contribution is 0.0697. The average Bonchev–Trinajstić information content (AvgIpc) is 2.84. The molecule has 94 valence electrons. The molecule has 0 aromatic carbocycles. The van der Waals surface area contributed by atoms with Crippen LogP contribution in [0.2, 0.25) is 0 Å². The molecule has 7 nitrogen and oxygen atoms in total. The number of carboxylic acid groups (broad SMARTS) is 1. The van der Waals surface area contributed by atoms with Crippen molar-refractivity contribution in [3.8, 4) is 0 Å². The third-order valence-corrected chi connectivity index (χ3v) is 3.23. The van der Waals surface area contributed by atoms with Crippen molar-refractivity contribution in [2.75, 3.05) is 5.32 Å². The summed E-state index contributed by atoms with van der Waals surface area (Å²) >= 11 is 1.49. The number of hydrogen-bond donors (Lipinski definition) is 2. The van der Waals surface area contributed by atoms with Gasteiger partial charge >= 0.3 is 5.97 Å². The Morgan fingerprint density at radius 3 is 2.89 bits per heavy atom. The van der Waals surface area contributed by atoms with E-state index in [2.05, 4.69) is 25.5 Å². The normalized spacial score (nSPS) is 10.3. The van der Waals surface area contributed by atoms with Gasteiger partial charge in [-0.2, -0.15) is 0 Å². The molecule has 0 amide bonds. The molecule has 0 atom stereocenters. The number of rotatable bonds is 5. The molecule has 2 heterocycles. The molecule has 0 saturated carbocycles. The number of nitrogens with zero attached hydrogens (tertiary/aromatic N) is 4. The van der Waals surface area contributed by atoms with Gasteiger partial charge in [-0.1, -0.05) is 18.3 Å². The zero-order valence-corrected chi connectivity index (χ0v) is 10.4. The lowest BCUT2D eigenvalue weighted by atomic mass is 10.3. The number of aromatic carboxylic acids is 1. The fourth-order valence-corrected chi connectivity index (χ4v) is 2.01. The highest BCUT2D eigenvalue weighted by molar-refractivity contribution is 7.11. The Bertz CT molecular complexity index is 557. The Kier molecular flexibility index (Phi) is 3.78. The molecule has 0 fully saturated rings. The van der Waals surface area contributed by atoms with E-state index in [4.69, 9.17) is 5.11 Å². The molecule has 0 aliphatic carbocycles. The van der Waals surface area contributed by atoms with Crippen molar-refractivity contribution in [2.45, 2.75) is 19.9 Å². The van der Waals surface area contributed by atoms with E-state index in [9.17, 15) is 4.79 Å². The second kappa shape index (κ2) is 5.50. The minimum atomic E-state index is -1.07. The van der Waals surface area contributed by atoms with Crippen molar-refractivity contribution in [3.63, 3.8) is 0 Å². The zero-order valence-electron chi connectivity index (χ0n) is 9.62. The van der Waals surface area contributed by atoms with E-state index in [-0.39, 0.29) is 11.4 Å². The number of aromatic nitrogens is 4. The summed E-state index contributed by atoms with van der Waals surface area (Å²) < 4.78 is 0. The van der Waals surface area contributed by atoms with Crippen LogP contribution in [0.4, 0.5) is 5.82 Å². The van der Waals surface area contributed by atoms with Crippen LogP contribution in [0, 0.1) is 0 Å². The van der Waals surface area contributed by atoms with Gasteiger partial charge in [-0.25, -0.2) is 14.8 Å². The Morgan fingerprint density at radius 1 is 1.44 bits per heavy atom. The largest absolute Gasteiger partial charge is 0.477 e. The zero-order chi connectivity index (χ0) is 13.0. The average molecular weight is 265 g/mol. The number of carboxylic acids is 1. The van der Waals surface area contributed by atoms with Crippen LogP contribution >= 0.6 is 11.3 Å². The van der Waals surface area contributed by atoms with Crippen LogP contribution in [0.1, 0.15) is 27.3 Å². The van der Waals surface area contributed by atoms with Gasteiger partial charge in [0.15, 0.2) is 0 Å². The SMILES string of the molecule is CCc1nnc(CNc2ncncc2C(=O)O)s1. The Morgan fingerprint density at radius 2 is 2.22 bits per heavy atom. The molecule has 2 aromatic heterocycles. The molecule has 2 aromatic rings. The summed E-state index contributed by atoms with van der Waals surface area (Å²) in [4.78, 5) is 18.5. The van der Waals surface area contributed by atoms with Gasteiger partial charge in [-0.05, 0) is 6.42 Å². The van der Waals surface area contributed by atoms with Gasteiger partial charge in [-0.15, -0.1) is 10.2 Å². The fourth-order valence-electron chi connectivity index (χ4n) is 1.29. The number of anilines is 1. The van der Waals surface area contributed by atoms with E-state index in [1.165, 1.54) is 23.9 Å². The maximum atomic E-state index is 10.9. The lowest BCUT2D eigenvalue weighted by Crippen LogP contribution is -2.08. The van der Waals surface area contributed by atoms with Gasteiger partial charge in [0, 0.05) is 6.20 Å². The molecule has 2 N–H and O–H groups in total. The maximum Gasteiger partial charge on any atom is 0.341 e. The highest BCUT2D eigenvalue weighted by Gasteiger charge is 2.11. The minimum Gasteiger partial charge on any atom is -0.477 e. The molecular weight excluding hydrogens is 254 g/mol. The second-order valence-corrected chi connectivity index (χ2v) is 4.53. The maximum absolute atomic E-state index is 10.9. The summed E-state index contributed by atoms with van der Waals surface area (Å²) in [6.45, 7) is 2.40. The van der Waals surface area contributed by atoms with Crippen LogP contribution in [0.3, 0.4) is 0 Å². The third-order valence-electron chi connectivity index (χ3n) is 2.16. The Labute approximate surface area is 107 Å². The van der Waals surface area contributed by atoms with Crippen LogP contribution in [0.5, 0.6) is 0 Å². The topological polar surface area (TPSA) is 101 Å². The van der Waals surface area contributed by atoms with E-state index in [0.717, 1.165) is 16.4 Å². The molecule has 8 heteroatoms. The molecule has 0 unspecified atom stereocenters. The molecule has 0 bridgehead atoms. The summed E-state index contributed by atoms with van der Waals surface area (Å²) in [7, 11) is 0. The smallest absolute Gasteiger partial charge is 0.341 e. The van der Waals surface area contributed by atoms with Crippen molar-refractivity contribution >= 4 is 23.1 Å². The minimum absolute atomic E-state index is 0.0396. The Balaban J connectivity index is 2.08. The number of nitrogens with one attached hydrogen (secondary N) is 1. The molecule has 0 aliphatic heterocycles. The van der Waals surface area contributed by atoms with Crippen molar-refractivity contribution < 1.29 is 9.90 Å². The van der Waals surface area contributed by atoms with Crippen LogP contribution in [-0.4, -0.2) is 31.2 Å². The highest BCUT2D eigenvalue weighted by Crippen LogP contribution is 2.14. The number of aryl methyl sites for hydroxylation is 1. The number of carbonyl (C=O) groups is 1. The summed E-state index contributed by atoms with van der Waals surface area (Å²) in [5.41, 5.74) is 0.0396. The molecule has 18 heavy (non-hydrogen) atoms. The quantitative estimate of drug-likeness (QED) is 0.837. The van der Waals surface area contributed by atoms with Gasteiger partial charge < -0.3 is 10.4 Å². The van der Waals surface area contributed by atoms with Crippen molar-refractivity contribution in [1.82, 2.24) is 20.2 Å². The second-order valence-electron chi connectivity index (χ2n) is 3.39. The first-order valence-corrected chi connectivity index (χ1v) is 6.10. The van der Waals surface area contributed by atoms with Crippen molar-refractivity contribution in [2.24, 2.45) is 0 Å². The molecule has 0 radical (unpaired) electrons. The van der Waals surface area contributed by atoms with E-state index >= 15 is 0 Å². The summed E-state index contributed by atoms with van der Waals surface area (Å²) in [6.07, 6.45) is 3.40. The van der Waals surface area contributed by atoms with Crippen LogP contribution < -0.4 is 5.32 Å². The first kappa shape index (κ1) is 12.4. The van der Waals surface area contributed by atoms with Crippen LogP contribution in [-0.2, 0) is 13.0 Å². The Hall–Kier alpha value is -2.09. The monoisotopic (exact) mass is 265 g/mol. The van der Waals surface area contributed by atoms with Crippen molar-refractivity contribution in [3.05, 3.63) is 28.1 Å². The first-order valence-electron chi connectivity index (χ1n) is 5.29. The fraction of sp³-hybridized carbons (Fsp3) is 0.300. The molecule has 2 rings (SSSR count). The van der Waals surface area contributed by atoms with E-state index in [1.807, 2.05) is 6.92 Å². The third kappa shape index (κ3) is 2.77. The lowest BCUT2D eigenvalue weighted by Gasteiger charge is -2.05. The number of hydrogen-bond acceptors (Lipinski definition) is 7. The van der Waals surface area contributed by atoms with E-state index in [1.54, 1.807) is 0 Å².